The lowest BCUT2D eigenvalue weighted by atomic mass is 10.3. The third-order valence-electron chi connectivity index (χ3n) is 2.36. The highest BCUT2D eigenvalue weighted by molar-refractivity contribution is 6.37. The van der Waals surface area contributed by atoms with Crippen molar-refractivity contribution in [2.24, 2.45) is 5.84 Å². The third kappa shape index (κ3) is 2.32. The first-order chi connectivity index (χ1) is 7.72. The maximum atomic E-state index is 6.09. The number of ether oxygens (including phenoxy) is 1. The normalized spacial score (nSPS) is 16.3. The summed E-state index contributed by atoms with van der Waals surface area (Å²) < 4.78 is 5.26. The second-order valence-corrected chi connectivity index (χ2v) is 4.18. The summed E-state index contributed by atoms with van der Waals surface area (Å²) in [5.74, 6) is 6.42. The molecule has 0 aromatic carbocycles. The van der Waals surface area contributed by atoms with Crippen molar-refractivity contribution in [3.63, 3.8) is 0 Å². The molecule has 2 rings (SSSR count). The highest BCUT2D eigenvalue weighted by Gasteiger charge is 2.17. The number of hydrazine groups is 1. The molecule has 2 heterocycles. The summed E-state index contributed by atoms with van der Waals surface area (Å²) in [5.41, 5.74) is 2.44. The van der Waals surface area contributed by atoms with E-state index in [9.17, 15) is 0 Å². The Kier molecular flexibility index (Phi) is 3.70. The zero-order valence-corrected chi connectivity index (χ0v) is 10.1. The van der Waals surface area contributed by atoms with Crippen LogP contribution in [0.3, 0.4) is 0 Å². The van der Waals surface area contributed by atoms with E-state index >= 15 is 0 Å². The van der Waals surface area contributed by atoms with Crippen molar-refractivity contribution in [3.8, 4) is 0 Å². The lowest BCUT2D eigenvalue weighted by molar-refractivity contribution is 0.122. The second kappa shape index (κ2) is 5.05. The number of nitrogens with two attached hydrogens (primary N) is 1. The molecule has 0 spiro atoms. The maximum Gasteiger partial charge on any atom is 0.161 e. The van der Waals surface area contributed by atoms with Gasteiger partial charge in [0.05, 0.1) is 23.3 Å². The second-order valence-electron chi connectivity index (χ2n) is 3.37. The molecule has 0 saturated carbocycles. The number of hydrogen-bond donors (Lipinski definition) is 2. The molecule has 5 nitrogen and oxygen atoms in total. The molecular formula is C9H12Cl2N4O. The summed E-state index contributed by atoms with van der Waals surface area (Å²) >= 11 is 12.0. The van der Waals surface area contributed by atoms with Crippen molar-refractivity contribution in [1.29, 1.82) is 0 Å². The lowest BCUT2D eigenvalue weighted by Crippen LogP contribution is -2.37. The molecule has 1 saturated heterocycles. The van der Waals surface area contributed by atoms with Gasteiger partial charge in [0.15, 0.2) is 5.82 Å². The predicted octanol–water partition coefficient (Wildman–Crippen LogP) is 1.51. The van der Waals surface area contributed by atoms with E-state index in [0.29, 0.717) is 34.9 Å². The third-order valence-corrected chi connectivity index (χ3v) is 2.92. The van der Waals surface area contributed by atoms with Gasteiger partial charge in [-0.25, -0.2) is 10.8 Å². The number of hydrogen-bond acceptors (Lipinski definition) is 5. The van der Waals surface area contributed by atoms with Gasteiger partial charge in [0.2, 0.25) is 0 Å². The van der Waals surface area contributed by atoms with Crippen LogP contribution in [0.25, 0.3) is 0 Å². The van der Waals surface area contributed by atoms with Gasteiger partial charge in [0.1, 0.15) is 5.82 Å². The highest BCUT2D eigenvalue weighted by Crippen LogP contribution is 2.31. The first kappa shape index (κ1) is 11.7. The van der Waals surface area contributed by atoms with E-state index < -0.39 is 0 Å². The van der Waals surface area contributed by atoms with E-state index in [0.717, 1.165) is 13.1 Å². The van der Waals surface area contributed by atoms with Gasteiger partial charge < -0.3 is 15.1 Å². The number of pyridine rings is 1. The van der Waals surface area contributed by atoms with Gasteiger partial charge in [-0.1, -0.05) is 23.2 Å². The minimum absolute atomic E-state index is 0.407. The van der Waals surface area contributed by atoms with Crippen LogP contribution in [-0.4, -0.2) is 31.3 Å². The smallest absolute Gasteiger partial charge is 0.161 e. The fourth-order valence-electron chi connectivity index (χ4n) is 1.56. The van der Waals surface area contributed by atoms with Crippen LogP contribution in [-0.2, 0) is 4.74 Å². The molecule has 16 heavy (non-hydrogen) atoms. The molecule has 1 aliphatic heterocycles. The van der Waals surface area contributed by atoms with E-state index in [1.165, 1.54) is 0 Å². The van der Waals surface area contributed by atoms with E-state index in [-0.39, 0.29) is 0 Å². The molecule has 7 heteroatoms. The zero-order chi connectivity index (χ0) is 11.5. The number of halogens is 2. The molecule has 0 unspecified atom stereocenters. The molecule has 0 atom stereocenters. The van der Waals surface area contributed by atoms with Crippen molar-refractivity contribution in [3.05, 3.63) is 16.1 Å². The summed E-state index contributed by atoms with van der Waals surface area (Å²) in [6, 6.07) is 1.64. The van der Waals surface area contributed by atoms with Crippen molar-refractivity contribution in [1.82, 2.24) is 4.98 Å². The average molecular weight is 263 g/mol. The van der Waals surface area contributed by atoms with Crippen molar-refractivity contribution < 1.29 is 4.74 Å². The number of morpholine rings is 1. The van der Waals surface area contributed by atoms with Crippen LogP contribution in [0, 0.1) is 0 Å². The number of nitrogens with one attached hydrogen (secondary N) is 1. The molecule has 1 aromatic heterocycles. The molecule has 1 aliphatic rings. The maximum absolute atomic E-state index is 6.09. The monoisotopic (exact) mass is 262 g/mol. The Morgan fingerprint density at radius 2 is 2.00 bits per heavy atom. The first-order valence-electron chi connectivity index (χ1n) is 4.87. The van der Waals surface area contributed by atoms with Crippen LogP contribution in [0.1, 0.15) is 0 Å². The van der Waals surface area contributed by atoms with Crippen molar-refractivity contribution in [2.75, 3.05) is 36.6 Å². The van der Waals surface area contributed by atoms with Crippen molar-refractivity contribution >= 4 is 34.8 Å². The number of nitrogens with zero attached hydrogens (tertiary/aromatic N) is 2. The minimum atomic E-state index is 0.407. The van der Waals surface area contributed by atoms with Crippen LogP contribution in [0.15, 0.2) is 6.07 Å². The predicted molar refractivity (Wildman–Crippen MR) is 65.1 cm³/mol. The number of anilines is 2. The first-order valence-corrected chi connectivity index (χ1v) is 5.63. The molecule has 1 fully saturated rings. The SMILES string of the molecule is NNc1nc(N2CCOCC2)c(Cl)cc1Cl. The summed E-state index contributed by atoms with van der Waals surface area (Å²) in [6.07, 6.45) is 0. The minimum Gasteiger partial charge on any atom is -0.378 e. The van der Waals surface area contributed by atoms with Gasteiger partial charge in [-0.05, 0) is 6.07 Å². The fraction of sp³-hybridized carbons (Fsp3) is 0.444. The van der Waals surface area contributed by atoms with Crippen LogP contribution < -0.4 is 16.2 Å². The Morgan fingerprint density at radius 3 is 2.62 bits per heavy atom. The summed E-state index contributed by atoms with van der Waals surface area (Å²) in [4.78, 5) is 6.33. The van der Waals surface area contributed by atoms with Gasteiger partial charge >= 0.3 is 0 Å². The van der Waals surface area contributed by atoms with Gasteiger partial charge in [-0.15, -0.1) is 0 Å². The Labute approximate surface area is 103 Å². The van der Waals surface area contributed by atoms with E-state index in [1.807, 2.05) is 4.90 Å². The van der Waals surface area contributed by atoms with E-state index in [2.05, 4.69) is 10.4 Å². The number of aromatic nitrogens is 1. The molecule has 0 radical (unpaired) electrons. The quantitative estimate of drug-likeness (QED) is 0.625. The summed E-state index contributed by atoms with van der Waals surface area (Å²) in [6.45, 7) is 2.87. The lowest BCUT2D eigenvalue weighted by Gasteiger charge is -2.28. The number of rotatable bonds is 2. The largest absolute Gasteiger partial charge is 0.378 e. The molecule has 1 aromatic rings. The Hall–Kier alpha value is -0.750. The molecule has 0 amide bonds. The fourth-order valence-corrected chi connectivity index (χ4v) is 2.09. The van der Waals surface area contributed by atoms with Gasteiger partial charge in [0.25, 0.3) is 0 Å². The topological polar surface area (TPSA) is 63.4 Å². The van der Waals surface area contributed by atoms with Crippen molar-refractivity contribution in [2.45, 2.75) is 0 Å². The van der Waals surface area contributed by atoms with Gasteiger partial charge in [-0.2, -0.15) is 0 Å². The number of nitrogen functional groups attached to an aromatic ring is 1. The van der Waals surface area contributed by atoms with E-state index in [1.54, 1.807) is 6.07 Å². The van der Waals surface area contributed by atoms with E-state index in [4.69, 9.17) is 33.8 Å². The highest BCUT2D eigenvalue weighted by atomic mass is 35.5. The summed E-state index contributed by atoms with van der Waals surface area (Å²) in [7, 11) is 0. The van der Waals surface area contributed by atoms with Crippen LogP contribution in [0.5, 0.6) is 0 Å². The molecule has 0 bridgehead atoms. The zero-order valence-electron chi connectivity index (χ0n) is 8.54. The Balaban J connectivity index is 2.31. The molecule has 3 N–H and O–H groups in total. The average Bonchev–Trinajstić information content (AvgIpc) is 2.30. The Bertz CT molecular complexity index is 382. The van der Waals surface area contributed by atoms with Gasteiger partial charge in [-0.3, -0.25) is 0 Å². The van der Waals surface area contributed by atoms with Crippen LogP contribution in [0.4, 0.5) is 11.6 Å². The molecule has 0 aliphatic carbocycles. The standard InChI is InChI=1S/C9H12Cl2N4O/c10-6-5-7(11)9(13-8(6)14-12)15-1-3-16-4-2-15/h5H,1-4,12H2,(H,13,14). The molecular weight excluding hydrogens is 251 g/mol. The van der Waals surface area contributed by atoms with Crippen LogP contribution >= 0.6 is 23.2 Å². The Morgan fingerprint density at radius 1 is 1.31 bits per heavy atom. The molecule has 88 valence electrons. The summed E-state index contributed by atoms with van der Waals surface area (Å²) in [5, 5.41) is 0.926. The van der Waals surface area contributed by atoms with Crippen LogP contribution in [0.2, 0.25) is 10.0 Å². The van der Waals surface area contributed by atoms with Gasteiger partial charge in [0, 0.05) is 13.1 Å².